The third-order valence-electron chi connectivity index (χ3n) is 4.98. The van der Waals surface area contributed by atoms with Gasteiger partial charge in [0.2, 0.25) is 0 Å². The maximum absolute atomic E-state index is 13.2. The number of aryl methyl sites for hydroxylation is 2. The summed E-state index contributed by atoms with van der Waals surface area (Å²) in [5.41, 5.74) is 1.71. The maximum atomic E-state index is 13.2. The lowest BCUT2D eigenvalue weighted by Gasteiger charge is -2.37. The average Bonchev–Trinajstić information content (AvgIpc) is 2.95. The van der Waals surface area contributed by atoms with Gasteiger partial charge in [-0.15, -0.1) is 0 Å². The van der Waals surface area contributed by atoms with Crippen LogP contribution in [0.5, 0.6) is 0 Å². The maximum Gasteiger partial charge on any atom is 0.276 e. The third-order valence-corrected chi connectivity index (χ3v) is 4.98. The van der Waals surface area contributed by atoms with Crippen LogP contribution in [-0.2, 0) is 6.42 Å². The summed E-state index contributed by atoms with van der Waals surface area (Å²) >= 11 is 0. The van der Waals surface area contributed by atoms with E-state index in [9.17, 15) is 4.79 Å². The second-order valence-corrected chi connectivity index (χ2v) is 6.91. The summed E-state index contributed by atoms with van der Waals surface area (Å²) in [6.45, 7) is 6.36. The number of nitrogens with zero attached hydrogens (tertiary/aromatic N) is 3. The van der Waals surface area contributed by atoms with Crippen LogP contribution in [-0.4, -0.2) is 53.4 Å². The summed E-state index contributed by atoms with van der Waals surface area (Å²) < 4.78 is 5.49. The number of benzene rings is 1. The standard InChI is InChI=1S/C20H27N3O2/c1-15-19(21-16(2)25-15)20(24)23(18-10-12-22(3)13-11-18)14-9-17-7-5-4-6-8-17/h4-8,18H,9-14H2,1-3H3. The number of amides is 1. The largest absolute Gasteiger partial charge is 0.445 e. The van der Waals surface area contributed by atoms with Gasteiger partial charge >= 0.3 is 0 Å². The number of piperidine rings is 1. The number of rotatable bonds is 5. The molecular formula is C20H27N3O2. The molecule has 1 saturated heterocycles. The van der Waals surface area contributed by atoms with E-state index in [-0.39, 0.29) is 11.9 Å². The van der Waals surface area contributed by atoms with Crippen molar-refractivity contribution >= 4 is 5.91 Å². The predicted octanol–water partition coefficient (Wildman–Crippen LogP) is 3.07. The topological polar surface area (TPSA) is 49.6 Å². The lowest BCUT2D eigenvalue weighted by molar-refractivity contribution is 0.0587. The van der Waals surface area contributed by atoms with Crippen molar-refractivity contribution in [1.29, 1.82) is 0 Å². The van der Waals surface area contributed by atoms with Crippen LogP contribution >= 0.6 is 0 Å². The van der Waals surface area contributed by atoms with Crippen molar-refractivity contribution < 1.29 is 9.21 Å². The number of carbonyl (C=O) groups excluding carboxylic acids is 1. The molecule has 5 heteroatoms. The van der Waals surface area contributed by atoms with E-state index < -0.39 is 0 Å². The van der Waals surface area contributed by atoms with Gasteiger partial charge in [-0.1, -0.05) is 30.3 Å². The molecule has 1 amide bonds. The summed E-state index contributed by atoms with van der Waals surface area (Å²) in [5, 5.41) is 0. The second kappa shape index (κ2) is 7.83. The van der Waals surface area contributed by atoms with Crippen LogP contribution in [0.15, 0.2) is 34.7 Å². The van der Waals surface area contributed by atoms with Gasteiger partial charge in [0.1, 0.15) is 5.76 Å². The summed E-state index contributed by atoms with van der Waals surface area (Å²) in [5.74, 6) is 1.16. The second-order valence-electron chi connectivity index (χ2n) is 6.91. The summed E-state index contributed by atoms with van der Waals surface area (Å²) in [4.78, 5) is 21.8. The van der Waals surface area contributed by atoms with Crippen molar-refractivity contribution in [2.24, 2.45) is 0 Å². The molecular weight excluding hydrogens is 314 g/mol. The first-order valence-electron chi connectivity index (χ1n) is 9.02. The van der Waals surface area contributed by atoms with E-state index >= 15 is 0 Å². The van der Waals surface area contributed by atoms with Gasteiger partial charge in [-0.2, -0.15) is 0 Å². The lowest BCUT2D eigenvalue weighted by atomic mass is 10.0. The molecule has 25 heavy (non-hydrogen) atoms. The Hall–Kier alpha value is -2.14. The van der Waals surface area contributed by atoms with E-state index in [2.05, 4.69) is 29.1 Å². The van der Waals surface area contributed by atoms with Crippen LogP contribution in [0.3, 0.4) is 0 Å². The Bertz CT molecular complexity index is 703. The Balaban J connectivity index is 1.78. The van der Waals surface area contributed by atoms with E-state index in [1.165, 1.54) is 5.56 Å². The molecule has 1 aliphatic rings. The van der Waals surface area contributed by atoms with E-state index in [1.807, 2.05) is 30.0 Å². The molecule has 1 aromatic carbocycles. The predicted molar refractivity (Wildman–Crippen MR) is 97.7 cm³/mol. The quantitative estimate of drug-likeness (QED) is 0.839. The molecule has 5 nitrogen and oxygen atoms in total. The fraction of sp³-hybridized carbons (Fsp3) is 0.500. The number of likely N-dealkylation sites (tertiary alicyclic amines) is 1. The first kappa shape index (κ1) is 17.7. The van der Waals surface area contributed by atoms with Crippen molar-refractivity contribution in [2.75, 3.05) is 26.7 Å². The molecule has 2 heterocycles. The van der Waals surface area contributed by atoms with Crippen molar-refractivity contribution in [3.63, 3.8) is 0 Å². The summed E-state index contributed by atoms with van der Waals surface area (Å²) in [6, 6.07) is 10.6. The van der Waals surface area contributed by atoms with E-state index in [0.717, 1.165) is 32.4 Å². The van der Waals surface area contributed by atoms with E-state index in [1.54, 1.807) is 6.92 Å². The van der Waals surface area contributed by atoms with Gasteiger partial charge in [0, 0.05) is 19.5 Å². The summed E-state index contributed by atoms with van der Waals surface area (Å²) in [6.07, 6.45) is 2.87. The highest BCUT2D eigenvalue weighted by atomic mass is 16.4. The van der Waals surface area contributed by atoms with Gasteiger partial charge in [-0.05, 0) is 51.9 Å². The highest BCUT2D eigenvalue weighted by molar-refractivity contribution is 5.93. The van der Waals surface area contributed by atoms with E-state index in [4.69, 9.17) is 4.42 Å². The number of oxazole rings is 1. The molecule has 0 atom stereocenters. The molecule has 0 spiro atoms. The zero-order chi connectivity index (χ0) is 17.8. The molecule has 0 saturated carbocycles. The first-order valence-corrected chi connectivity index (χ1v) is 9.02. The van der Waals surface area contributed by atoms with Crippen LogP contribution in [0.2, 0.25) is 0 Å². The Morgan fingerprint density at radius 1 is 1.24 bits per heavy atom. The highest BCUT2D eigenvalue weighted by Gasteiger charge is 2.30. The van der Waals surface area contributed by atoms with Gasteiger partial charge in [-0.3, -0.25) is 4.79 Å². The fourth-order valence-corrected chi connectivity index (χ4v) is 3.51. The van der Waals surface area contributed by atoms with E-state index in [0.29, 0.717) is 23.9 Å². The molecule has 0 N–H and O–H groups in total. The smallest absolute Gasteiger partial charge is 0.276 e. The zero-order valence-electron chi connectivity index (χ0n) is 15.4. The van der Waals surface area contributed by atoms with Crippen LogP contribution in [0.25, 0.3) is 0 Å². The van der Waals surface area contributed by atoms with Crippen LogP contribution in [0.4, 0.5) is 0 Å². The number of aromatic nitrogens is 1. The molecule has 2 aromatic rings. The highest BCUT2D eigenvalue weighted by Crippen LogP contribution is 2.20. The van der Waals surface area contributed by atoms with Gasteiger partial charge in [0.15, 0.2) is 11.6 Å². The fourth-order valence-electron chi connectivity index (χ4n) is 3.51. The van der Waals surface area contributed by atoms with Crippen LogP contribution in [0.1, 0.15) is 40.5 Å². The van der Waals surface area contributed by atoms with Gasteiger partial charge in [0.25, 0.3) is 5.91 Å². The molecule has 0 unspecified atom stereocenters. The summed E-state index contributed by atoms with van der Waals surface area (Å²) in [7, 11) is 2.14. The van der Waals surface area contributed by atoms with Crippen LogP contribution in [0, 0.1) is 13.8 Å². The van der Waals surface area contributed by atoms with Crippen molar-refractivity contribution in [2.45, 2.75) is 39.2 Å². The number of hydrogen-bond donors (Lipinski definition) is 0. The molecule has 134 valence electrons. The molecule has 3 rings (SSSR count). The van der Waals surface area contributed by atoms with Gasteiger partial charge in [-0.25, -0.2) is 4.98 Å². The van der Waals surface area contributed by atoms with Crippen molar-refractivity contribution in [3.8, 4) is 0 Å². The molecule has 0 aliphatic carbocycles. The van der Waals surface area contributed by atoms with Crippen molar-refractivity contribution in [3.05, 3.63) is 53.2 Å². The minimum atomic E-state index is -0.000154. The Morgan fingerprint density at radius 3 is 2.52 bits per heavy atom. The Morgan fingerprint density at radius 2 is 1.92 bits per heavy atom. The lowest BCUT2D eigenvalue weighted by Crippen LogP contribution is -2.47. The molecule has 1 aliphatic heterocycles. The van der Waals surface area contributed by atoms with Crippen molar-refractivity contribution in [1.82, 2.24) is 14.8 Å². The minimum absolute atomic E-state index is 0.000154. The molecule has 1 aromatic heterocycles. The SMILES string of the molecule is Cc1nc(C(=O)N(CCc2ccccc2)C2CCN(C)CC2)c(C)o1. The molecule has 0 bridgehead atoms. The number of hydrogen-bond acceptors (Lipinski definition) is 4. The zero-order valence-corrected chi connectivity index (χ0v) is 15.4. The average molecular weight is 341 g/mol. The van der Waals surface area contributed by atoms with Crippen LogP contribution < -0.4 is 0 Å². The Kier molecular flexibility index (Phi) is 5.53. The monoisotopic (exact) mass is 341 g/mol. The van der Waals surface area contributed by atoms with Gasteiger partial charge < -0.3 is 14.2 Å². The molecule has 0 radical (unpaired) electrons. The third kappa shape index (κ3) is 4.28. The Labute approximate surface area is 149 Å². The normalized spacial score (nSPS) is 16.1. The minimum Gasteiger partial charge on any atom is -0.445 e. The molecule has 1 fully saturated rings. The number of carbonyl (C=O) groups is 1. The van der Waals surface area contributed by atoms with Gasteiger partial charge in [0.05, 0.1) is 0 Å². The first-order chi connectivity index (χ1) is 12.0.